The van der Waals surface area contributed by atoms with Gasteiger partial charge in [-0.15, -0.1) is 0 Å². The summed E-state index contributed by atoms with van der Waals surface area (Å²) < 4.78 is 7.32. The Morgan fingerprint density at radius 3 is 2.52 bits per heavy atom. The fourth-order valence-electron chi connectivity index (χ4n) is 3.65. The number of nitriles is 1. The standard InChI is InChI=1S/C23H19N3O3/c1-14-11-19-21(23(28)26(14)13-15-5-3-2-4-6-15)20(18(12-24)22(25)29-19)16-7-9-17(27)10-8-16/h2-11,20,27H,13,25H2,1H3. The van der Waals surface area contributed by atoms with Gasteiger partial charge in [-0.3, -0.25) is 4.79 Å². The van der Waals surface area contributed by atoms with Crippen molar-refractivity contribution in [1.29, 1.82) is 5.26 Å². The molecule has 0 saturated heterocycles. The Balaban J connectivity index is 1.92. The number of ether oxygens (including phenoxy) is 1. The van der Waals surface area contributed by atoms with E-state index in [0.29, 0.717) is 23.4 Å². The normalized spacial score (nSPS) is 15.4. The molecule has 1 unspecified atom stereocenters. The van der Waals surface area contributed by atoms with Crippen molar-refractivity contribution in [2.24, 2.45) is 5.73 Å². The highest BCUT2D eigenvalue weighted by atomic mass is 16.5. The highest BCUT2D eigenvalue weighted by Crippen LogP contribution is 2.40. The number of phenols is 1. The highest BCUT2D eigenvalue weighted by Gasteiger charge is 2.34. The first-order valence-electron chi connectivity index (χ1n) is 9.14. The molecule has 0 radical (unpaired) electrons. The van der Waals surface area contributed by atoms with Crippen molar-refractivity contribution in [3.8, 4) is 17.6 Å². The van der Waals surface area contributed by atoms with Gasteiger partial charge in [0.15, 0.2) is 0 Å². The number of allylic oxidation sites excluding steroid dienone is 1. The molecule has 4 rings (SSSR count). The first-order chi connectivity index (χ1) is 14.0. The fraction of sp³-hybridized carbons (Fsp3) is 0.130. The number of nitrogens with two attached hydrogens (primary N) is 1. The zero-order valence-corrected chi connectivity index (χ0v) is 15.8. The number of fused-ring (bicyclic) bond motifs is 1. The van der Waals surface area contributed by atoms with Crippen molar-refractivity contribution < 1.29 is 9.84 Å². The van der Waals surface area contributed by atoms with Gasteiger partial charge in [-0.25, -0.2) is 0 Å². The number of benzene rings is 2. The SMILES string of the molecule is Cc1cc2c(c(=O)n1Cc1ccccc1)C(c1ccc(O)cc1)C(C#N)=C(N)O2. The van der Waals surface area contributed by atoms with Gasteiger partial charge in [0.05, 0.1) is 18.0 Å². The first kappa shape index (κ1) is 18.4. The molecule has 1 aliphatic rings. The third-order valence-electron chi connectivity index (χ3n) is 5.10. The number of pyridine rings is 1. The number of hydrogen-bond acceptors (Lipinski definition) is 5. The zero-order chi connectivity index (χ0) is 20.5. The molecule has 0 saturated carbocycles. The van der Waals surface area contributed by atoms with E-state index in [1.165, 1.54) is 12.1 Å². The second-order valence-electron chi connectivity index (χ2n) is 6.96. The van der Waals surface area contributed by atoms with E-state index in [-0.39, 0.29) is 22.8 Å². The van der Waals surface area contributed by atoms with Crippen molar-refractivity contribution in [3.63, 3.8) is 0 Å². The van der Waals surface area contributed by atoms with Crippen LogP contribution in [0.2, 0.25) is 0 Å². The Hall–Kier alpha value is -3.98. The molecule has 0 spiro atoms. The largest absolute Gasteiger partial charge is 0.508 e. The molecule has 6 nitrogen and oxygen atoms in total. The van der Waals surface area contributed by atoms with E-state index in [1.54, 1.807) is 22.8 Å². The van der Waals surface area contributed by atoms with E-state index >= 15 is 0 Å². The number of aryl methyl sites for hydroxylation is 1. The van der Waals surface area contributed by atoms with Crippen LogP contribution in [0.15, 0.2) is 76.9 Å². The summed E-state index contributed by atoms with van der Waals surface area (Å²) in [5.74, 6) is -0.231. The van der Waals surface area contributed by atoms with Gasteiger partial charge in [0, 0.05) is 11.8 Å². The van der Waals surface area contributed by atoms with Crippen molar-refractivity contribution in [3.05, 3.63) is 105 Å². The molecular formula is C23H19N3O3. The molecule has 2 aromatic carbocycles. The average molecular weight is 385 g/mol. The molecule has 1 aliphatic heterocycles. The van der Waals surface area contributed by atoms with E-state index in [0.717, 1.165) is 11.3 Å². The lowest BCUT2D eigenvalue weighted by Crippen LogP contribution is -2.33. The van der Waals surface area contributed by atoms with Crippen LogP contribution >= 0.6 is 0 Å². The van der Waals surface area contributed by atoms with Gasteiger partial charge in [-0.1, -0.05) is 42.5 Å². The minimum absolute atomic E-state index is 0.0160. The van der Waals surface area contributed by atoms with Crippen molar-refractivity contribution in [2.75, 3.05) is 0 Å². The second-order valence-corrected chi connectivity index (χ2v) is 6.96. The highest BCUT2D eigenvalue weighted by molar-refractivity contribution is 5.55. The van der Waals surface area contributed by atoms with Crippen LogP contribution in [0.3, 0.4) is 0 Å². The molecule has 6 heteroatoms. The molecule has 0 amide bonds. The molecule has 2 heterocycles. The van der Waals surface area contributed by atoms with Crippen LogP contribution in [0.5, 0.6) is 11.5 Å². The molecule has 0 fully saturated rings. The summed E-state index contributed by atoms with van der Waals surface area (Å²) in [6.07, 6.45) is 0. The van der Waals surface area contributed by atoms with Crippen LogP contribution in [0.4, 0.5) is 0 Å². The van der Waals surface area contributed by atoms with Crippen LogP contribution in [-0.4, -0.2) is 9.67 Å². The lowest BCUT2D eigenvalue weighted by atomic mass is 9.84. The first-order valence-corrected chi connectivity index (χ1v) is 9.14. The maximum Gasteiger partial charge on any atom is 0.259 e. The molecule has 0 bridgehead atoms. The summed E-state index contributed by atoms with van der Waals surface area (Å²) in [4.78, 5) is 13.5. The summed E-state index contributed by atoms with van der Waals surface area (Å²) in [7, 11) is 0. The van der Waals surface area contributed by atoms with Gasteiger partial charge < -0.3 is 20.1 Å². The molecule has 3 N–H and O–H groups in total. The van der Waals surface area contributed by atoms with Crippen LogP contribution in [0.25, 0.3) is 0 Å². The van der Waals surface area contributed by atoms with E-state index in [4.69, 9.17) is 10.5 Å². The lowest BCUT2D eigenvalue weighted by Gasteiger charge is -2.27. The number of nitrogens with zero attached hydrogens (tertiary/aromatic N) is 2. The predicted octanol–water partition coefficient (Wildman–Crippen LogP) is 3.13. The second kappa shape index (κ2) is 7.21. The van der Waals surface area contributed by atoms with Gasteiger partial charge in [0.2, 0.25) is 5.88 Å². The number of phenolic OH excluding ortho intramolecular Hbond substituents is 1. The Bertz CT molecular complexity index is 1200. The quantitative estimate of drug-likeness (QED) is 0.721. The van der Waals surface area contributed by atoms with Crippen LogP contribution < -0.4 is 16.0 Å². The number of aromatic nitrogens is 1. The van der Waals surface area contributed by atoms with Gasteiger partial charge in [0.1, 0.15) is 23.1 Å². The van der Waals surface area contributed by atoms with E-state index in [1.807, 2.05) is 37.3 Å². The van der Waals surface area contributed by atoms with Crippen molar-refractivity contribution >= 4 is 0 Å². The Kier molecular flexibility index (Phi) is 4.57. The van der Waals surface area contributed by atoms with Gasteiger partial charge in [0.25, 0.3) is 5.56 Å². The minimum atomic E-state index is -0.667. The lowest BCUT2D eigenvalue weighted by molar-refractivity contribution is 0.389. The minimum Gasteiger partial charge on any atom is -0.508 e. The monoisotopic (exact) mass is 385 g/mol. The third kappa shape index (κ3) is 3.23. The maximum absolute atomic E-state index is 13.5. The van der Waals surface area contributed by atoms with E-state index in [9.17, 15) is 15.2 Å². The number of rotatable bonds is 3. The molecule has 0 aliphatic carbocycles. The van der Waals surface area contributed by atoms with Crippen molar-refractivity contribution in [2.45, 2.75) is 19.4 Å². The predicted molar refractivity (Wildman–Crippen MR) is 108 cm³/mol. The van der Waals surface area contributed by atoms with Crippen LogP contribution in [0, 0.1) is 18.3 Å². The molecule has 144 valence electrons. The molecule has 1 aromatic heterocycles. The molecule has 29 heavy (non-hydrogen) atoms. The smallest absolute Gasteiger partial charge is 0.259 e. The molecule has 1 atom stereocenters. The fourth-order valence-corrected chi connectivity index (χ4v) is 3.65. The van der Waals surface area contributed by atoms with Gasteiger partial charge >= 0.3 is 0 Å². The Morgan fingerprint density at radius 2 is 1.86 bits per heavy atom. The summed E-state index contributed by atoms with van der Waals surface area (Å²) in [6, 6.07) is 19.9. The van der Waals surface area contributed by atoms with Crippen LogP contribution in [-0.2, 0) is 6.54 Å². The number of aromatic hydroxyl groups is 1. The summed E-state index contributed by atoms with van der Waals surface area (Å²) in [6.45, 7) is 2.24. The third-order valence-corrected chi connectivity index (χ3v) is 5.10. The van der Waals surface area contributed by atoms with E-state index in [2.05, 4.69) is 6.07 Å². The van der Waals surface area contributed by atoms with E-state index < -0.39 is 5.92 Å². The number of hydrogen-bond donors (Lipinski definition) is 2. The average Bonchev–Trinajstić information content (AvgIpc) is 2.71. The molecular weight excluding hydrogens is 366 g/mol. The topological polar surface area (TPSA) is 101 Å². The van der Waals surface area contributed by atoms with Gasteiger partial charge in [-0.05, 0) is 30.2 Å². The molecule has 3 aromatic rings. The summed E-state index contributed by atoms with van der Waals surface area (Å²) in [5, 5.41) is 19.3. The maximum atomic E-state index is 13.5. The zero-order valence-electron chi connectivity index (χ0n) is 15.8. The summed E-state index contributed by atoms with van der Waals surface area (Å²) in [5.41, 5.74) is 8.71. The summed E-state index contributed by atoms with van der Waals surface area (Å²) >= 11 is 0. The van der Waals surface area contributed by atoms with Crippen LogP contribution in [0.1, 0.15) is 28.3 Å². The Morgan fingerprint density at radius 1 is 1.17 bits per heavy atom. The van der Waals surface area contributed by atoms with Gasteiger partial charge in [-0.2, -0.15) is 5.26 Å². The van der Waals surface area contributed by atoms with Crippen molar-refractivity contribution in [1.82, 2.24) is 4.57 Å². The Labute approximate surface area is 167 Å².